The van der Waals surface area contributed by atoms with Gasteiger partial charge in [0.2, 0.25) is 5.91 Å². The van der Waals surface area contributed by atoms with Crippen LogP contribution >= 0.6 is 0 Å². The summed E-state index contributed by atoms with van der Waals surface area (Å²) in [5, 5.41) is 5.37. The molecule has 0 aromatic rings. The first-order valence-corrected chi connectivity index (χ1v) is 5.13. The molecule has 1 aliphatic rings. The van der Waals surface area contributed by atoms with E-state index in [1.165, 1.54) is 0 Å². The second-order valence-electron chi connectivity index (χ2n) is 3.82. The molecule has 1 unspecified atom stereocenters. The molecule has 0 radical (unpaired) electrons. The fraction of sp³-hybridized carbons (Fsp3) is 0.778. The van der Waals surface area contributed by atoms with Gasteiger partial charge in [-0.15, -0.1) is 0 Å². The zero-order valence-electron chi connectivity index (χ0n) is 8.95. The number of primary amides is 1. The number of nitrogens with zero attached hydrogens (tertiary/aromatic N) is 1. The molecule has 6 heteroatoms. The summed E-state index contributed by atoms with van der Waals surface area (Å²) in [5.41, 5.74) is 4.83. The predicted octanol–water partition coefficient (Wildman–Crippen LogP) is -1.13. The fourth-order valence-corrected chi connectivity index (χ4v) is 1.67. The number of rotatable bonds is 3. The van der Waals surface area contributed by atoms with Crippen molar-refractivity contribution in [2.24, 2.45) is 5.73 Å². The highest BCUT2D eigenvalue weighted by Crippen LogP contribution is 1.99. The molecule has 1 rings (SSSR count). The maximum atomic E-state index is 11.1. The Morgan fingerprint density at radius 2 is 2.33 bits per heavy atom. The van der Waals surface area contributed by atoms with Crippen molar-refractivity contribution in [1.29, 1.82) is 0 Å². The lowest BCUT2D eigenvalue weighted by atomic mass is 10.2. The van der Waals surface area contributed by atoms with Crippen molar-refractivity contribution in [3.63, 3.8) is 0 Å². The van der Waals surface area contributed by atoms with Crippen LogP contribution in [-0.2, 0) is 4.79 Å². The highest BCUT2D eigenvalue weighted by atomic mass is 16.2. The number of hydrogen-bond donors (Lipinski definition) is 3. The van der Waals surface area contributed by atoms with E-state index in [9.17, 15) is 9.59 Å². The minimum absolute atomic E-state index is 0.311. The van der Waals surface area contributed by atoms with Crippen LogP contribution in [0.5, 0.6) is 0 Å². The van der Waals surface area contributed by atoms with Crippen molar-refractivity contribution in [3.05, 3.63) is 0 Å². The van der Waals surface area contributed by atoms with E-state index in [1.807, 2.05) is 0 Å². The smallest absolute Gasteiger partial charge is 0.318 e. The SMILES string of the molecule is CC1CN(CCC(=O)NC(N)=O)CCN1. The molecule has 0 aliphatic carbocycles. The van der Waals surface area contributed by atoms with Crippen LogP contribution in [0.1, 0.15) is 13.3 Å². The topological polar surface area (TPSA) is 87.5 Å². The number of carbonyl (C=O) groups is 2. The summed E-state index contributed by atoms with van der Waals surface area (Å²) in [6, 6.07) is -0.327. The average molecular weight is 214 g/mol. The summed E-state index contributed by atoms with van der Waals surface area (Å²) >= 11 is 0. The summed E-state index contributed by atoms with van der Waals surface area (Å²) in [7, 11) is 0. The van der Waals surface area contributed by atoms with E-state index >= 15 is 0 Å². The molecule has 0 aromatic heterocycles. The highest BCUT2D eigenvalue weighted by molar-refractivity contribution is 5.93. The van der Waals surface area contributed by atoms with Gasteiger partial charge in [0.1, 0.15) is 0 Å². The van der Waals surface area contributed by atoms with Gasteiger partial charge in [0.25, 0.3) is 0 Å². The summed E-state index contributed by atoms with van der Waals surface area (Å²) in [6.07, 6.45) is 0.315. The summed E-state index contributed by atoms with van der Waals surface area (Å²) < 4.78 is 0. The van der Waals surface area contributed by atoms with Crippen molar-refractivity contribution >= 4 is 11.9 Å². The molecule has 86 valence electrons. The fourth-order valence-electron chi connectivity index (χ4n) is 1.67. The summed E-state index contributed by atoms with van der Waals surface area (Å²) in [6.45, 7) is 5.59. The Balaban J connectivity index is 2.18. The summed E-state index contributed by atoms with van der Waals surface area (Å²) in [5.74, 6) is -0.311. The lowest BCUT2D eigenvalue weighted by molar-refractivity contribution is -0.120. The van der Waals surface area contributed by atoms with Gasteiger partial charge < -0.3 is 16.0 Å². The molecular weight excluding hydrogens is 196 g/mol. The monoisotopic (exact) mass is 214 g/mol. The Morgan fingerprint density at radius 3 is 2.93 bits per heavy atom. The number of nitrogens with two attached hydrogens (primary N) is 1. The van der Waals surface area contributed by atoms with E-state index in [-0.39, 0.29) is 5.91 Å². The average Bonchev–Trinajstić information content (AvgIpc) is 2.14. The standard InChI is InChI=1S/C9H18N4O2/c1-7-6-13(5-3-11-7)4-2-8(14)12-9(10)15/h7,11H,2-6H2,1H3,(H3,10,12,14,15). The third kappa shape index (κ3) is 4.75. The van der Waals surface area contributed by atoms with E-state index in [4.69, 9.17) is 5.73 Å². The maximum absolute atomic E-state index is 11.1. The van der Waals surface area contributed by atoms with Crippen LogP contribution in [0.2, 0.25) is 0 Å². The van der Waals surface area contributed by atoms with Gasteiger partial charge in [-0.1, -0.05) is 0 Å². The number of amides is 3. The third-order valence-corrected chi connectivity index (χ3v) is 2.37. The van der Waals surface area contributed by atoms with Gasteiger partial charge >= 0.3 is 6.03 Å². The van der Waals surface area contributed by atoms with Crippen LogP contribution in [0.25, 0.3) is 0 Å². The second kappa shape index (κ2) is 5.67. The van der Waals surface area contributed by atoms with Gasteiger partial charge in [0.15, 0.2) is 0 Å². The molecular formula is C9H18N4O2. The largest absolute Gasteiger partial charge is 0.351 e. The molecule has 1 saturated heterocycles. The number of hydrogen-bond acceptors (Lipinski definition) is 4. The van der Waals surface area contributed by atoms with E-state index in [0.29, 0.717) is 19.0 Å². The van der Waals surface area contributed by atoms with Crippen LogP contribution in [0.3, 0.4) is 0 Å². The molecule has 1 fully saturated rings. The molecule has 0 bridgehead atoms. The van der Waals surface area contributed by atoms with Gasteiger partial charge in [-0.3, -0.25) is 10.1 Å². The molecule has 4 N–H and O–H groups in total. The number of imide groups is 1. The Bertz CT molecular complexity index is 244. The van der Waals surface area contributed by atoms with Crippen molar-refractivity contribution in [3.8, 4) is 0 Å². The molecule has 0 spiro atoms. The van der Waals surface area contributed by atoms with E-state index in [2.05, 4.69) is 22.5 Å². The molecule has 0 aromatic carbocycles. The first kappa shape index (κ1) is 11.9. The van der Waals surface area contributed by atoms with Crippen molar-refractivity contribution in [2.45, 2.75) is 19.4 Å². The zero-order chi connectivity index (χ0) is 11.3. The maximum Gasteiger partial charge on any atom is 0.318 e. The van der Waals surface area contributed by atoms with Crippen molar-refractivity contribution < 1.29 is 9.59 Å². The Morgan fingerprint density at radius 1 is 1.60 bits per heavy atom. The third-order valence-electron chi connectivity index (χ3n) is 2.37. The Hall–Kier alpha value is -1.14. The van der Waals surface area contributed by atoms with Gasteiger partial charge in [-0.2, -0.15) is 0 Å². The first-order valence-electron chi connectivity index (χ1n) is 5.13. The van der Waals surface area contributed by atoms with Crippen molar-refractivity contribution in [1.82, 2.24) is 15.5 Å². The zero-order valence-corrected chi connectivity index (χ0v) is 8.95. The van der Waals surface area contributed by atoms with Crippen LogP contribution in [0.15, 0.2) is 0 Å². The number of piperazine rings is 1. The lowest BCUT2D eigenvalue weighted by Gasteiger charge is -2.31. The molecule has 3 amide bonds. The second-order valence-corrected chi connectivity index (χ2v) is 3.82. The number of carbonyl (C=O) groups excluding carboxylic acids is 2. The van der Waals surface area contributed by atoms with Gasteiger partial charge in [0.05, 0.1) is 0 Å². The molecule has 1 aliphatic heterocycles. The molecule has 6 nitrogen and oxygen atoms in total. The van der Waals surface area contributed by atoms with Gasteiger partial charge in [-0.25, -0.2) is 4.79 Å². The molecule has 0 saturated carbocycles. The molecule has 1 atom stereocenters. The van der Waals surface area contributed by atoms with Crippen LogP contribution in [0, 0.1) is 0 Å². The van der Waals surface area contributed by atoms with Crippen molar-refractivity contribution in [2.75, 3.05) is 26.2 Å². The van der Waals surface area contributed by atoms with Gasteiger partial charge in [-0.05, 0) is 6.92 Å². The molecule has 1 heterocycles. The summed E-state index contributed by atoms with van der Waals surface area (Å²) in [4.78, 5) is 23.7. The minimum atomic E-state index is -0.784. The van der Waals surface area contributed by atoms with E-state index < -0.39 is 6.03 Å². The number of nitrogens with one attached hydrogen (secondary N) is 2. The molecule has 15 heavy (non-hydrogen) atoms. The Labute approximate surface area is 89.2 Å². The minimum Gasteiger partial charge on any atom is -0.351 e. The van der Waals surface area contributed by atoms with Crippen LogP contribution in [0.4, 0.5) is 4.79 Å². The number of urea groups is 1. The normalized spacial score (nSPS) is 22.3. The highest BCUT2D eigenvalue weighted by Gasteiger charge is 2.16. The quantitative estimate of drug-likeness (QED) is 0.554. The first-order chi connectivity index (χ1) is 7.08. The van der Waals surface area contributed by atoms with Crippen LogP contribution in [-0.4, -0.2) is 49.1 Å². The van der Waals surface area contributed by atoms with Crippen LogP contribution < -0.4 is 16.4 Å². The Kier molecular flexibility index (Phi) is 4.51. The predicted molar refractivity (Wildman–Crippen MR) is 56.2 cm³/mol. The van der Waals surface area contributed by atoms with E-state index in [0.717, 1.165) is 19.6 Å². The van der Waals surface area contributed by atoms with E-state index in [1.54, 1.807) is 0 Å². The lowest BCUT2D eigenvalue weighted by Crippen LogP contribution is -2.50. The van der Waals surface area contributed by atoms with Gasteiger partial charge in [0, 0.05) is 38.6 Å².